The minimum Gasteiger partial charge on any atom is -0.303 e. The van der Waals surface area contributed by atoms with Crippen LogP contribution in [-0.4, -0.2) is 36.6 Å². The zero-order chi connectivity index (χ0) is 16.3. The van der Waals surface area contributed by atoms with E-state index in [1.807, 2.05) is 20.8 Å². The van der Waals surface area contributed by atoms with Gasteiger partial charge < -0.3 is 4.90 Å². The monoisotopic (exact) mass is 315 g/mol. The van der Waals surface area contributed by atoms with Gasteiger partial charge in [0.1, 0.15) is 0 Å². The van der Waals surface area contributed by atoms with Crippen LogP contribution < -0.4 is 0 Å². The molecule has 0 aromatic heterocycles. The van der Waals surface area contributed by atoms with E-state index in [-0.39, 0.29) is 18.9 Å². The number of likely N-dealkylation sites (tertiary alicyclic amines) is 1. The van der Waals surface area contributed by atoms with Crippen molar-refractivity contribution < 1.29 is 22.0 Å². The van der Waals surface area contributed by atoms with Crippen molar-refractivity contribution in [2.45, 2.75) is 65.0 Å². The van der Waals surface area contributed by atoms with Crippen molar-refractivity contribution in [3.8, 4) is 0 Å². The third-order valence-electron chi connectivity index (χ3n) is 5.02. The minimum absolute atomic E-state index is 0.0349. The molecule has 0 radical (unpaired) electrons. The Morgan fingerprint density at radius 2 is 1.57 bits per heavy atom. The maximum Gasteiger partial charge on any atom is 0.390 e. The van der Waals surface area contributed by atoms with Gasteiger partial charge in [-0.2, -0.15) is 13.2 Å². The fourth-order valence-corrected chi connectivity index (χ4v) is 3.60. The predicted molar refractivity (Wildman–Crippen MR) is 73.5 cm³/mol. The topological polar surface area (TPSA) is 3.24 Å². The average Bonchev–Trinajstić information content (AvgIpc) is 2.64. The minimum atomic E-state index is -4.17. The van der Waals surface area contributed by atoms with E-state index in [4.69, 9.17) is 0 Å². The van der Waals surface area contributed by atoms with E-state index in [9.17, 15) is 22.0 Å². The van der Waals surface area contributed by atoms with Crippen LogP contribution in [0.15, 0.2) is 0 Å². The van der Waals surface area contributed by atoms with Gasteiger partial charge in [0.2, 0.25) is 0 Å². The van der Waals surface area contributed by atoms with Gasteiger partial charge in [0.05, 0.1) is 6.42 Å². The van der Waals surface area contributed by atoms with Gasteiger partial charge in [-0.3, -0.25) is 0 Å². The summed E-state index contributed by atoms with van der Waals surface area (Å²) in [6.45, 7) is 6.50. The highest BCUT2D eigenvalue weighted by atomic mass is 19.4. The van der Waals surface area contributed by atoms with Gasteiger partial charge >= 0.3 is 6.18 Å². The maximum atomic E-state index is 14.0. The molecule has 1 saturated carbocycles. The van der Waals surface area contributed by atoms with E-state index < -0.39 is 23.9 Å². The molecule has 0 aromatic carbocycles. The van der Waals surface area contributed by atoms with E-state index >= 15 is 0 Å². The molecular formula is C15H26F5N. The third-order valence-corrected chi connectivity index (χ3v) is 5.02. The normalized spacial score (nSPS) is 28.3. The third kappa shape index (κ3) is 4.08. The van der Waals surface area contributed by atoms with Gasteiger partial charge in [-0.05, 0) is 38.3 Å². The Morgan fingerprint density at radius 3 is 1.95 bits per heavy atom. The first-order valence-corrected chi connectivity index (χ1v) is 7.83. The predicted octanol–water partition coefficient (Wildman–Crippen LogP) is 5.11. The molecule has 1 spiro atoms. The molecule has 0 bridgehead atoms. The smallest absolute Gasteiger partial charge is 0.303 e. The van der Waals surface area contributed by atoms with Gasteiger partial charge in [-0.15, -0.1) is 0 Å². The summed E-state index contributed by atoms with van der Waals surface area (Å²) in [5, 5.41) is 0. The van der Waals surface area contributed by atoms with Crippen LogP contribution >= 0.6 is 0 Å². The molecule has 1 atom stereocenters. The number of nitrogens with zero attached hydrogens (tertiary/aromatic N) is 1. The molecule has 0 aromatic rings. The summed E-state index contributed by atoms with van der Waals surface area (Å²) in [5.41, 5.74) is -0.971. The Morgan fingerprint density at radius 1 is 1.05 bits per heavy atom. The second-order valence-corrected chi connectivity index (χ2v) is 6.01. The summed E-state index contributed by atoms with van der Waals surface area (Å²) in [5.74, 6) is -2.69. The Labute approximate surface area is 123 Å². The summed E-state index contributed by atoms with van der Waals surface area (Å²) in [4.78, 5) is 1.67. The van der Waals surface area contributed by atoms with E-state index in [1.165, 1.54) is 0 Å². The Balaban J connectivity index is 0.00000106. The molecular weight excluding hydrogens is 289 g/mol. The Bertz CT molecular complexity index is 319. The average molecular weight is 315 g/mol. The first-order chi connectivity index (χ1) is 9.66. The van der Waals surface area contributed by atoms with Crippen LogP contribution in [0.2, 0.25) is 0 Å². The molecule has 2 fully saturated rings. The summed E-state index contributed by atoms with van der Waals surface area (Å²) in [6, 6.07) is 0. The highest BCUT2D eigenvalue weighted by molar-refractivity contribution is 5.04. The molecule has 126 valence electrons. The summed E-state index contributed by atoms with van der Waals surface area (Å²) < 4.78 is 64.5. The molecule has 1 nitrogen and oxygen atoms in total. The van der Waals surface area contributed by atoms with Gasteiger partial charge in [0.25, 0.3) is 5.92 Å². The maximum absolute atomic E-state index is 14.0. The van der Waals surface area contributed by atoms with Crippen LogP contribution in [0, 0.1) is 11.3 Å². The van der Waals surface area contributed by atoms with E-state index in [2.05, 4.69) is 0 Å². The molecule has 1 saturated heterocycles. The molecule has 1 unspecified atom stereocenters. The van der Waals surface area contributed by atoms with E-state index in [1.54, 1.807) is 4.90 Å². The molecule has 1 aliphatic carbocycles. The first kappa shape index (κ1) is 18.7. The lowest BCUT2D eigenvalue weighted by molar-refractivity contribution is -0.151. The van der Waals surface area contributed by atoms with Crippen LogP contribution in [0.4, 0.5) is 22.0 Å². The van der Waals surface area contributed by atoms with Crippen molar-refractivity contribution in [2.75, 3.05) is 19.6 Å². The van der Waals surface area contributed by atoms with E-state index in [0.29, 0.717) is 32.4 Å². The zero-order valence-corrected chi connectivity index (χ0v) is 13.1. The van der Waals surface area contributed by atoms with Crippen molar-refractivity contribution >= 4 is 0 Å². The Hall–Kier alpha value is -0.390. The van der Waals surface area contributed by atoms with Crippen LogP contribution in [0.1, 0.15) is 52.9 Å². The van der Waals surface area contributed by atoms with Crippen LogP contribution in [-0.2, 0) is 0 Å². The Kier molecular flexibility index (Phi) is 6.04. The lowest BCUT2D eigenvalue weighted by Crippen LogP contribution is -2.49. The van der Waals surface area contributed by atoms with Crippen LogP contribution in [0.3, 0.4) is 0 Å². The highest BCUT2D eigenvalue weighted by Crippen LogP contribution is 2.59. The van der Waals surface area contributed by atoms with Crippen LogP contribution in [0.5, 0.6) is 0 Å². The summed E-state index contributed by atoms with van der Waals surface area (Å²) >= 11 is 0. The molecule has 0 amide bonds. The number of halogens is 5. The highest BCUT2D eigenvalue weighted by Gasteiger charge is 2.60. The number of hydrogen-bond donors (Lipinski definition) is 0. The molecule has 1 aliphatic heterocycles. The molecule has 21 heavy (non-hydrogen) atoms. The summed E-state index contributed by atoms with van der Waals surface area (Å²) in [7, 11) is 0. The van der Waals surface area contributed by atoms with Gasteiger partial charge in [0, 0.05) is 18.4 Å². The quantitative estimate of drug-likeness (QED) is 0.640. The molecule has 2 aliphatic rings. The van der Waals surface area contributed by atoms with Crippen molar-refractivity contribution in [1.82, 2.24) is 4.90 Å². The lowest BCUT2D eigenvalue weighted by atomic mass is 9.69. The van der Waals surface area contributed by atoms with Gasteiger partial charge in [-0.1, -0.05) is 20.8 Å². The molecule has 6 heteroatoms. The zero-order valence-electron chi connectivity index (χ0n) is 13.1. The largest absolute Gasteiger partial charge is 0.390 e. The van der Waals surface area contributed by atoms with Crippen molar-refractivity contribution in [1.29, 1.82) is 0 Å². The molecule has 1 heterocycles. The number of hydrogen-bond acceptors (Lipinski definition) is 1. The number of alkyl halides is 5. The second-order valence-electron chi connectivity index (χ2n) is 6.01. The standard InChI is InChI=1S/C13H20F5N.C2H6/c1-10-2-3-12(14,15)11(10)4-7-19(8-5-11)9-6-13(16,17)18;1-2/h10H,2-9H2,1H3;1-2H3. The first-order valence-electron chi connectivity index (χ1n) is 7.83. The van der Waals surface area contributed by atoms with Crippen molar-refractivity contribution in [3.63, 3.8) is 0 Å². The SMILES string of the molecule is CC.CC1CCC(F)(F)C12CCN(CCC(F)(F)F)CC2. The fraction of sp³-hybridized carbons (Fsp3) is 1.00. The molecule has 0 N–H and O–H groups in total. The van der Waals surface area contributed by atoms with Crippen LogP contribution in [0.25, 0.3) is 0 Å². The number of piperidine rings is 1. The summed E-state index contributed by atoms with van der Waals surface area (Å²) in [6.07, 6.45) is -3.93. The second kappa shape index (κ2) is 6.80. The van der Waals surface area contributed by atoms with Crippen molar-refractivity contribution in [2.24, 2.45) is 11.3 Å². The fourth-order valence-electron chi connectivity index (χ4n) is 3.60. The van der Waals surface area contributed by atoms with Gasteiger partial charge in [-0.25, -0.2) is 8.78 Å². The van der Waals surface area contributed by atoms with Gasteiger partial charge in [0.15, 0.2) is 0 Å². The van der Waals surface area contributed by atoms with Crippen molar-refractivity contribution in [3.05, 3.63) is 0 Å². The molecule has 2 rings (SSSR count). The van der Waals surface area contributed by atoms with E-state index in [0.717, 1.165) is 0 Å². The lowest BCUT2D eigenvalue weighted by Gasteiger charge is -2.45. The number of rotatable bonds is 2.